The topological polar surface area (TPSA) is 9.23 Å². The summed E-state index contributed by atoms with van der Waals surface area (Å²) in [4.78, 5) is 0. The molecule has 0 radical (unpaired) electrons. The standard InChI is InChI=1S/C14H18BrIO/c15-10-14(8-4-1-5-9-14)11-17-13-7-3-2-6-12(13)16/h2-3,6-7H,1,4-5,8-11H2. The van der Waals surface area contributed by atoms with Gasteiger partial charge in [-0.15, -0.1) is 0 Å². The number of ether oxygens (including phenoxy) is 1. The first kappa shape index (κ1) is 13.7. The van der Waals surface area contributed by atoms with Crippen molar-refractivity contribution in [2.45, 2.75) is 32.1 Å². The molecule has 0 heterocycles. The molecule has 3 heteroatoms. The lowest BCUT2D eigenvalue weighted by Crippen LogP contribution is -2.32. The Labute approximate surface area is 126 Å². The van der Waals surface area contributed by atoms with Crippen LogP contribution in [0, 0.1) is 8.99 Å². The lowest BCUT2D eigenvalue weighted by molar-refractivity contribution is 0.121. The average molecular weight is 409 g/mol. The van der Waals surface area contributed by atoms with Crippen molar-refractivity contribution in [2.24, 2.45) is 5.41 Å². The predicted octanol–water partition coefficient (Wildman–Crippen LogP) is 5.02. The van der Waals surface area contributed by atoms with E-state index >= 15 is 0 Å². The summed E-state index contributed by atoms with van der Waals surface area (Å²) >= 11 is 6.01. The van der Waals surface area contributed by atoms with Crippen LogP contribution in [0.25, 0.3) is 0 Å². The summed E-state index contributed by atoms with van der Waals surface area (Å²) in [5.41, 5.74) is 0.358. The van der Waals surface area contributed by atoms with E-state index < -0.39 is 0 Å². The van der Waals surface area contributed by atoms with E-state index in [9.17, 15) is 0 Å². The smallest absolute Gasteiger partial charge is 0.132 e. The van der Waals surface area contributed by atoms with Crippen LogP contribution in [-0.2, 0) is 0 Å². The highest BCUT2D eigenvalue weighted by molar-refractivity contribution is 14.1. The van der Waals surface area contributed by atoms with Gasteiger partial charge in [-0.1, -0.05) is 47.3 Å². The number of hydrogen-bond donors (Lipinski definition) is 0. The summed E-state index contributed by atoms with van der Waals surface area (Å²) in [7, 11) is 0. The minimum atomic E-state index is 0.358. The second kappa shape index (κ2) is 6.41. The SMILES string of the molecule is BrCC1(COc2ccccc2I)CCCCC1. The fourth-order valence-electron chi connectivity index (χ4n) is 2.41. The minimum Gasteiger partial charge on any atom is -0.492 e. The van der Waals surface area contributed by atoms with Crippen LogP contribution in [0.15, 0.2) is 24.3 Å². The molecular weight excluding hydrogens is 391 g/mol. The zero-order valence-corrected chi connectivity index (χ0v) is 13.7. The number of rotatable bonds is 4. The maximum Gasteiger partial charge on any atom is 0.132 e. The van der Waals surface area contributed by atoms with Crippen molar-refractivity contribution in [3.8, 4) is 5.75 Å². The Morgan fingerprint density at radius 2 is 1.88 bits per heavy atom. The number of para-hydroxylation sites is 1. The molecule has 0 N–H and O–H groups in total. The Balaban J connectivity index is 1.98. The largest absolute Gasteiger partial charge is 0.492 e. The molecule has 1 aliphatic carbocycles. The molecule has 0 bridgehead atoms. The first-order chi connectivity index (χ1) is 8.26. The van der Waals surface area contributed by atoms with E-state index in [1.165, 1.54) is 35.7 Å². The molecule has 0 aromatic heterocycles. The molecule has 2 rings (SSSR count). The number of benzene rings is 1. The minimum absolute atomic E-state index is 0.358. The summed E-state index contributed by atoms with van der Waals surface area (Å²) in [6.45, 7) is 0.846. The Morgan fingerprint density at radius 3 is 2.53 bits per heavy atom. The van der Waals surface area contributed by atoms with Gasteiger partial charge in [0.05, 0.1) is 10.2 Å². The van der Waals surface area contributed by atoms with Crippen molar-refractivity contribution < 1.29 is 4.74 Å². The van der Waals surface area contributed by atoms with E-state index in [0.29, 0.717) is 5.41 Å². The maximum absolute atomic E-state index is 6.03. The Morgan fingerprint density at radius 1 is 1.18 bits per heavy atom. The van der Waals surface area contributed by atoms with Gasteiger partial charge in [0.15, 0.2) is 0 Å². The van der Waals surface area contributed by atoms with Crippen LogP contribution in [0.2, 0.25) is 0 Å². The van der Waals surface area contributed by atoms with Gasteiger partial charge in [-0.25, -0.2) is 0 Å². The van der Waals surface area contributed by atoms with Crippen molar-refractivity contribution in [3.05, 3.63) is 27.8 Å². The van der Waals surface area contributed by atoms with E-state index in [1.54, 1.807) is 0 Å². The van der Waals surface area contributed by atoms with Crippen LogP contribution in [0.3, 0.4) is 0 Å². The van der Waals surface area contributed by atoms with Crippen LogP contribution >= 0.6 is 38.5 Å². The molecule has 0 saturated heterocycles. The maximum atomic E-state index is 6.03. The molecule has 1 saturated carbocycles. The number of halogens is 2. The third-order valence-corrected chi connectivity index (χ3v) is 5.65. The van der Waals surface area contributed by atoms with E-state index in [1.807, 2.05) is 6.07 Å². The monoisotopic (exact) mass is 408 g/mol. The molecule has 0 atom stereocenters. The second-order valence-electron chi connectivity index (χ2n) is 4.91. The van der Waals surface area contributed by atoms with Gasteiger partial charge < -0.3 is 4.74 Å². The predicted molar refractivity (Wildman–Crippen MR) is 84.0 cm³/mol. The fraction of sp³-hybridized carbons (Fsp3) is 0.571. The second-order valence-corrected chi connectivity index (χ2v) is 6.64. The molecule has 17 heavy (non-hydrogen) atoms. The van der Waals surface area contributed by atoms with E-state index in [-0.39, 0.29) is 0 Å². The third-order valence-electron chi connectivity index (χ3n) is 3.57. The fourth-order valence-corrected chi connectivity index (χ4v) is 3.68. The Bertz CT molecular complexity index is 361. The lowest BCUT2D eigenvalue weighted by atomic mass is 9.76. The zero-order valence-electron chi connectivity index (χ0n) is 9.92. The molecule has 0 spiro atoms. The summed E-state index contributed by atoms with van der Waals surface area (Å²) in [6, 6.07) is 8.25. The molecule has 1 aliphatic rings. The molecule has 0 amide bonds. The third kappa shape index (κ3) is 3.60. The van der Waals surface area contributed by atoms with Gasteiger partial charge in [-0.2, -0.15) is 0 Å². The van der Waals surface area contributed by atoms with Crippen LogP contribution in [0.1, 0.15) is 32.1 Å². The Hall–Kier alpha value is 0.230. The van der Waals surface area contributed by atoms with Crippen molar-refractivity contribution in [3.63, 3.8) is 0 Å². The first-order valence-corrected chi connectivity index (χ1v) is 8.39. The van der Waals surface area contributed by atoms with Gasteiger partial charge in [0, 0.05) is 10.7 Å². The van der Waals surface area contributed by atoms with Gasteiger partial charge in [0.1, 0.15) is 5.75 Å². The van der Waals surface area contributed by atoms with Crippen LogP contribution < -0.4 is 4.74 Å². The summed E-state index contributed by atoms with van der Waals surface area (Å²) in [5.74, 6) is 1.03. The average Bonchev–Trinajstić information content (AvgIpc) is 2.39. The highest BCUT2D eigenvalue weighted by Crippen LogP contribution is 2.38. The van der Waals surface area contributed by atoms with Crippen molar-refractivity contribution >= 4 is 38.5 Å². The van der Waals surface area contributed by atoms with E-state index in [2.05, 4.69) is 56.7 Å². The normalized spacial score (nSPS) is 18.9. The van der Waals surface area contributed by atoms with Crippen LogP contribution in [-0.4, -0.2) is 11.9 Å². The van der Waals surface area contributed by atoms with E-state index in [4.69, 9.17) is 4.74 Å². The van der Waals surface area contributed by atoms with Gasteiger partial charge in [-0.05, 0) is 47.6 Å². The molecule has 1 fully saturated rings. The molecule has 1 nitrogen and oxygen atoms in total. The molecule has 1 aromatic carbocycles. The number of hydrogen-bond acceptors (Lipinski definition) is 1. The van der Waals surface area contributed by atoms with Crippen LogP contribution in [0.4, 0.5) is 0 Å². The van der Waals surface area contributed by atoms with Gasteiger partial charge >= 0.3 is 0 Å². The quantitative estimate of drug-likeness (QED) is 0.502. The summed E-state index contributed by atoms with van der Waals surface area (Å²) in [6.07, 6.45) is 6.67. The zero-order chi connectivity index (χ0) is 12.1. The summed E-state index contributed by atoms with van der Waals surface area (Å²) < 4.78 is 7.23. The van der Waals surface area contributed by atoms with Gasteiger partial charge in [0.25, 0.3) is 0 Å². The molecule has 0 unspecified atom stereocenters. The molecule has 94 valence electrons. The Kier molecular flexibility index (Phi) is 5.15. The summed E-state index contributed by atoms with van der Waals surface area (Å²) in [5, 5.41) is 1.06. The van der Waals surface area contributed by atoms with Crippen molar-refractivity contribution in [1.29, 1.82) is 0 Å². The van der Waals surface area contributed by atoms with Crippen molar-refractivity contribution in [1.82, 2.24) is 0 Å². The van der Waals surface area contributed by atoms with Crippen molar-refractivity contribution in [2.75, 3.05) is 11.9 Å². The molecular formula is C14H18BrIO. The van der Waals surface area contributed by atoms with Gasteiger partial charge in [-0.3, -0.25) is 0 Å². The molecule has 0 aliphatic heterocycles. The highest BCUT2D eigenvalue weighted by atomic mass is 127. The van der Waals surface area contributed by atoms with E-state index in [0.717, 1.165) is 17.7 Å². The molecule has 1 aromatic rings. The first-order valence-electron chi connectivity index (χ1n) is 6.19. The number of alkyl halides is 1. The lowest BCUT2D eigenvalue weighted by Gasteiger charge is -2.35. The van der Waals surface area contributed by atoms with Crippen LogP contribution in [0.5, 0.6) is 5.75 Å². The highest BCUT2D eigenvalue weighted by Gasteiger charge is 2.31. The van der Waals surface area contributed by atoms with Gasteiger partial charge in [0.2, 0.25) is 0 Å².